The van der Waals surface area contributed by atoms with E-state index in [1.165, 1.54) is 6.92 Å². The Morgan fingerprint density at radius 1 is 1.04 bits per heavy atom. The number of aromatic nitrogens is 2. The fourth-order valence-electron chi connectivity index (χ4n) is 6.23. The van der Waals surface area contributed by atoms with Crippen molar-refractivity contribution in [2.45, 2.75) is 58.5 Å². The molecule has 2 amide bonds. The molecule has 0 spiro atoms. The molecule has 0 fully saturated rings. The zero-order valence-electron chi connectivity index (χ0n) is 27.8. The SMILES string of the molecule is CC[C@H](C)[C@@H](Nc1ccc2c(cc1=O)[C@H](NC(C)=O)CCc1cc(OC)c(OC)c(OC)c1-2)C(=O)NCCc1nc2ccccc2[nH]1. The Morgan fingerprint density at radius 3 is 2.49 bits per heavy atom. The number of nitrogens with one attached hydrogen (secondary N) is 4. The molecule has 4 aromatic rings. The number of anilines is 1. The molecule has 248 valence electrons. The molecule has 1 aliphatic carbocycles. The van der Waals surface area contributed by atoms with Crippen LogP contribution in [0.1, 0.15) is 56.6 Å². The number of amides is 2. The normalized spacial score (nSPS) is 15.0. The van der Waals surface area contributed by atoms with Crippen LogP contribution >= 0.6 is 0 Å². The first-order valence-electron chi connectivity index (χ1n) is 15.9. The Balaban J connectivity index is 1.49. The molecule has 0 saturated heterocycles. The van der Waals surface area contributed by atoms with Crippen molar-refractivity contribution < 1.29 is 23.8 Å². The number of aromatic amines is 1. The lowest BCUT2D eigenvalue weighted by Crippen LogP contribution is -2.45. The number of benzene rings is 2. The molecule has 47 heavy (non-hydrogen) atoms. The first kappa shape index (κ1) is 33.3. The summed E-state index contributed by atoms with van der Waals surface area (Å²) in [5.41, 5.74) is 4.87. The lowest BCUT2D eigenvalue weighted by Gasteiger charge is -2.24. The lowest BCUT2D eigenvalue weighted by molar-refractivity contribution is -0.123. The van der Waals surface area contributed by atoms with Gasteiger partial charge in [-0.1, -0.05) is 38.5 Å². The number of carbonyl (C=O) groups is 2. The van der Waals surface area contributed by atoms with Crippen molar-refractivity contribution in [2.75, 3.05) is 33.2 Å². The minimum atomic E-state index is -0.664. The molecule has 11 heteroatoms. The van der Waals surface area contributed by atoms with Crippen LogP contribution in [0.4, 0.5) is 5.69 Å². The molecule has 3 atom stereocenters. The second kappa shape index (κ2) is 14.6. The first-order chi connectivity index (χ1) is 22.7. The van der Waals surface area contributed by atoms with Gasteiger partial charge in [-0.2, -0.15) is 0 Å². The number of hydrogen-bond acceptors (Lipinski definition) is 8. The number of methoxy groups -OCH3 is 3. The van der Waals surface area contributed by atoms with Crippen LogP contribution in [0.5, 0.6) is 17.2 Å². The minimum absolute atomic E-state index is 0.0754. The number of aryl methyl sites for hydroxylation is 1. The number of H-pyrrole nitrogens is 1. The third kappa shape index (κ3) is 7.03. The van der Waals surface area contributed by atoms with Gasteiger partial charge in [0.1, 0.15) is 11.9 Å². The summed E-state index contributed by atoms with van der Waals surface area (Å²) in [6, 6.07) is 13.7. The number of ether oxygens (including phenoxy) is 3. The number of imidazole rings is 1. The van der Waals surface area contributed by atoms with E-state index in [2.05, 4.69) is 25.9 Å². The molecular weight excluding hydrogens is 598 g/mol. The predicted octanol–water partition coefficient (Wildman–Crippen LogP) is 4.92. The zero-order valence-corrected chi connectivity index (χ0v) is 27.8. The van der Waals surface area contributed by atoms with E-state index in [-0.39, 0.29) is 28.8 Å². The standard InChI is InChI=1S/C36H43N5O6/c1-7-20(2)33(36(44)37-17-16-31-39-26-10-8-9-11-27(26)40-31)41-28-15-13-23-24(19-29(28)43)25(38-21(3)42)14-12-22-18-30(45-4)34(46-5)35(47-6)32(22)23/h8-11,13,15,18-20,25,33H,7,12,14,16-17H2,1-6H3,(H,37,44)(H,38,42)(H,39,40)(H,41,43)/t20-,25+,33+/m0/s1. The van der Waals surface area contributed by atoms with Crippen LogP contribution in [0, 0.1) is 5.92 Å². The molecule has 11 nitrogen and oxygen atoms in total. The van der Waals surface area contributed by atoms with Crippen LogP contribution in [0.15, 0.2) is 53.3 Å². The first-order valence-corrected chi connectivity index (χ1v) is 15.9. The summed E-state index contributed by atoms with van der Waals surface area (Å²) in [7, 11) is 4.68. The van der Waals surface area contributed by atoms with Gasteiger partial charge in [0.15, 0.2) is 11.5 Å². The molecule has 0 unspecified atom stereocenters. The van der Waals surface area contributed by atoms with Crippen molar-refractivity contribution in [1.29, 1.82) is 0 Å². The van der Waals surface area contributed by atoms with E-state index >= 15 is 0 Å². The van der Waals surface area contributed by atoms with E-state index in [1.807, 2.05) is 50.2 Å². The van der Waals surface area contributed by atoms with Crippen LogP contribution in [0.2, 0.25) is 0 Å². The van der Waals surface area contributed by atoms with E-state index < -0.39 is 12.1 Å². The Morgan fingerprint density at radius 2 is 1.81 bits per heavy atom. The van der Waals surface area contributed by atoms with Crippen molar-refractivity contribution >= 4 is 28.5 Å². The van der Waals surface area contributed by atoms with Crippen molar-refractivity contribution in [1.82, 2.24) is 20.6 Å². The maximum Gasteiger partial charge on any atom is 0.242 e. The Bertz CT molecular complexity index is 1800. The van der Waals surface area contributed by atoms with Gasteiger partial charge in [0.05, 0.1) is 44.1 Å². The summed E-state index contributed by atoms with van der Waals surface area (Å²) >= 11 is 0. The smallest absolute Gasteiger partial charge is 0.242 e. The van der Waals surface area contributed by atoms with Gasteiger partial charge in [-0.05, 0) is 65.8 Å². The number of rotatable bonds is 12. The summed E-state index contributed by atoms with van der Waals surface area (Å²) < 4.78 is 17.2. The van der Waals surface area contributed by atoms with Crippen LogP contribution in [-0.2, 0) is 22.4 Å². The zero-order chi connectivity index (χ0) is 33.7. The predicted molar refractivity (Wildman–Crippen MR) is 182 cm³/mol. The number of para-hydroxylation sites is 2. The van der Waals surface area contributed by atoms with Gasteiger partial charge in [-0.25, -0.2) is 4.98 Å². The summed E-state index contributed by atoms with van der Waals surface area (Å²) in [6.45, 7) is 5.83. The highest BCUT2D eigenvalue weighted by molar-refractivity contribution is 5.86. The van der Waals surface area contributed by atoms with Crippen LogP contribution in [-0.4, -0.2) is 55.7 Å². The number of hydrogen-bond donors (Lipinski definition) is 4. The highest BCUT2D eigenvalue weighted by Crippen LogP contribution is 2.50. The molecule has 4 N–H and O–H groups in total. The highest BCUT2D eigenvalue weighted by Gasteiger charge is 2.30. The summed E-state index contributed by atoms with van der Waals surface area (Å²) in [5, 5.41) is 9.32. The monoisotopic (exact) mass is 641 g/mol. The fourth-order valence-corrected chi connectivity index (χ4v) is 6.23. The van der Waals surface area contributed by atoms with Gasteiger partial charge in [0, 0.05) is 25.5 Å². The Kier molecular flexibility index (Phi) is 10.3. The van der Waals surface area contributed by atoms with Gasteiger partial charge in [0.25, 0.3) is 0 Å². The highest BCUT2D eigenvalue weighted by atomic mass is 16.5. The Labute approximate surface area is 274 Å². The second-order valence-corrected chi connectivity index (χ2v) is 11.8. The van der Waals surface area contributed by atoms with Crippen LogP contribution in [0.3, 0.4) is 0 Å². The fraction of sp³-hybridized carbons (Fsp3) is 0.389. The largest absolute Gasteiger partial charge is 0.493 e. The third-order valence-corrected chi connectivity index (χ3v) is 8.82. The van der Waals surface area contributed by atoms with E-state index in [0.29, 0.717) is 48.6 Å². The lowest BCUT2D eigenvalue weighted by atomic mass is 9.95. The van der Waals surface area contributed by atoms with E-state index in [1.54, 1.807) is 33.5 Å². The van der Waals surface area contributed by atoms with Crippen molar-refractivity contribution in [2.24, 2.45) is 5.92 Å². The van der Waals surface area contributed by atoms with E-state index in [9.17, 15) is 14.4 Å². The van der Waals surface area contributed by atoms with Crippen LogP contribution in [0.25, 0.3) is 22.2 Å². The van der Waals surface area contributed by atoms with Gasteiger partial charge >= 0.3 is 0 Å². The van der Waals surface area contributed by atoms with Crippen molar-refractivity contribution in [3.05, 3.63) is 75.7 Å². The van der Waals surface area contributed by atoms with Gasteiger partial charge < -0.3 is 35.1 Å². The summed E-state index contributed by atoms with van der Waals surface area (Å²) in [5.74, 6) is 1.73. The molecule has 3 aromatic carbocycles. The summed E-state index contributed by atoms with van der Waals surface area (Å²) in [6.07, 6.45) is 2.40. The van der Waals surface area contributed by atoms with Crippen molar-refractivity contribution in [3.63, 3.8) is 0 Å². The van der Waals surface area contributed by atoms with Gasteiger partial charge in [0.2, 0.25) is 23.0 Å². The molecule has 0 aliphatic heterocycles. The topological polar surface area (TPSA) is 144 Å². The molecule has 5 rings (SSSR count). The van der Waals surface area contributed by atoms with Gasteiger partial charge in [-0.15, -0.1) is 0 Å². The maximum absolute atomic E-state index is 13.9. The van der Waals surface area contributed by atoms with Gasteiger partial charge in [-0.3, -0.25) is 14.4 Å². The Hall–Kier alpha value is -5.06. The molecule has 0 bridgehead atoms. The molecule has 1 aliphatic rings. The average Bonchev–Trinajstić information content (AvgIpc) is 3.34. The maximum atomic E-state index is 13.9. The number of nitrogens with zero attached hydrogens (tertiary/aromatic N) is 1. The summed E-state index contributed by atoms with van der Waals surface area (Å²) in [4.78, 5) is 47.6. The molecule has 0 saturated carbocycles. The number of fused-ring (bicyclic) bond motifs is 4. The average molecular weight is 642 g/mol. The molecule has 1 heterocycles. The third-order valence-electron chi connectivity index (χ3n) is 8.82. The molecular formula is C36H43N5O6. The van der Waals surface area contributed by atoms with Crippen LogP contribution < -0.4 is 35.6 Å². The quantitative estimate of drug-likeness (QED) is 0.171. The van der Waals surface area contributed by atoms with E-state index in [4.69, 9.17) is 14.2 Å². The van der Waals surface area contributed by atoms with Crippen molar-refractivity contribution in [3.8, 4) is 28.4 Å². The number of carbonyl (C=O) groups excluding carboxylic acids is 2. The van der Waals surface area contributed by atoms with E-state index in [0.717, 1.165) is 40.0 Å². The minimum Gasteiger partial charge on any atom is -0.493 e. The second-order valence-electron chi connectivity index (χ2n) is 11.8. The molecule has 0 radical (unpaired) electrons. The molecule has 1 aromatic heterocycles.